The zero-order valence-corrected chi connectivity index (χ0v) is 13.3. The fraction of sp³-hybridized carbons (Fsp3) is 0. The summed E-state index contributed by atoms with van der Waals surface area (Å²) >= 11 is 12.1. The summed E-state index contributed by atoms with van der Waals surface area (Å²) in [4.78, 5) is 0. The third-order valence-electron chi connectivity index (χ3n) is 3.05. The van der Waals surface area contributed by atoms with E-state index < -0.39 is 0 Å². The predicted octanol–water partition coefficient (Wildman–Crippen LogP) is 5.84. The normalized spacial score (nSPS) is 11.1. The minimum Gasteiger partial charge on any atom is -0.455 e. The molecule has 0 aliphatic carbocycles. The van der Waals surface area contributed by atoms with Gasteiger partial charge in [-0.1, -0.05) is 23.2 Å². The molecule has 1 heterocycles. The highest BCUT2D eigenvalue weighted by Gasteiger charge is 2.08. The fourth-order valence-corrected chi connectivity index (χ4v) is 2.33. The molecule has 116 valence electrons. The van der Waals surface area contributed by atoms with Crippen molar-refractivity contribution < 1.29 is 8.81 Å². The van der Waals surface area contributed by atoms with E-state index in [-0.39, 0.29) is 5.82 Å². The van der Waals surface area contributed by atoms with Crippen LogP contribution in [0.2, 0.25) is 10.0 Å². The van der Waals surface area contributed by atoms with Crippen LogP contribution in [0.15, 0.2) is 64.1 Å². The molecule has 0 amide bonds. The van der Waals surface area contributed by atoms with E-state index in [2.05, 4.69) is 10.5 Å². The third-order valence-corrected chi connectivity index (χ3v) is 3.61. The number of nitrogens with zero attached hydrogens (tertiary/aromatic N) is 1. The number of nitrogens with one attached hydrogen (secondary N) is 1. The Morgan fingerprint density at radius 1 is 1.00 bits per heavy atom. The Morgan fingerprint density at radius 2 is 1.78 bits per heavy atom. The molecule has 0 atom stereocenters. The van der Waals surface area contributed by atoms with Crippen molar-refractivity contribution in [3.05, 3.63) is 76.2 Å². The number of furan rings is 1. The lowest BCUT2D eigenvalue weighted by Gasteiger charge is -2.01. The minimum atomic E-state index is -0.298. The van der Waals surface area contributed by atoms with Crippen LogP contribution in [-0.4, -0.2) is 6.21 Å². The van der Waals surface area contributed by atoms with Crippen LogP contribution < -0.4 is 5.43 Å². The van der Waals surface area contributed by atoms with Gasteiger partial charge >= 0.3 is 0 Å². The zero-order chi connectivity index (χ0) is 16.2. The summed E-state index contributed by atoms with van der Waals surface area (Å²) in [5, 5.41) is 5.17. The first kappa shape index (κ1) is 15.6. The lowest BCUT2D eigenvalue weighted by molar-refractivity contribution is 0.575. The molecule has 1 aromatic heterocycles. The smallest absolute Gasteiger partial charge is 0.147 e. The second kappa shape index (κ2) is 6.86. The van der Waals surface area contributed by atoms with E-state index in [0.29, 0.717) is 32.8 Å². The van der Waals surface area contributed by atoms with E-state index in [0.717, 1.165) is 0 Å². The quantitative estimate of drug-likeness (QED) is 0.475. The van der Waals surface area contributed by atoms with Crippen molar-refractivity contribution in [3.8, 4) is 11.3 Å². The highest BCUT2D eigenvalue weighted by molar-refractivity contribution is 6.35. The summed E-state index contributed by atoms with van der Waals surface area (Å²) in [6.45, 7) is 0. The van der Waals surface area contributed by atoms with E-state index in [1.54, 1.807) is 42.5 Å². The average Bonchev–Trinajstić information content (AvgIpc) is 3.00. The molecule has 0 saturated heterocycles. The van der Waals surface area contributed by atoms with Crippen LogP contribution in [-0.2, 0) is 0 Å². The maximum absolute atomic E-state index is 12.8. The first-order chi connectivity index (χ1) is 11.1. The molecule has 2 aromatic carbocycles. The molecule has 0 saturated carbocycles. The van der Waals surface area contributed by atoms with E-state index in [4.69, 9.17) is 27.6 Å². The maximum atomic E-state index is 12.8. The second-order valence-electron chi connectivity index (χ2n) is 4.70. The zero-order valence-electron chi connectivity index (χ0n) is 11.8. The molecule has 0 spiro atoms. The molecule has 3 aromatic rings. The molecule has 0 fully saturated rings. The average molecular weight is 349 g/mol. The molecule has 0 radical (unpaired) electrons. The van der Waals surface area contributed by atoms with Crippen molar-refractivity contribution in [2.24, 2.45) is 5.10 Å². The molecule has 6 heteroatoms. The van der Waals surface area contributed by atoms with Crippen LogP contribution >= 0.6 is 23.2 Å². The van der Waals surface area contributed by atoms with Gasteiger partial charge in [-0.2, -0.15) is 5.10 Å². The molecule has 1 N–H and O–H groups in total. The first-order valence-electron chi connectivity index (χ1n) is 6.72. The number of hydrazone groups is 1. The van der Waals surface area contributed by atoms with E-state index in [1.807, 2.05) is 0 Å². The fourth-order valence-electron chi connectivity index (χ4n) is 1.95. The topological polar surface area (TPSA) is 37.5 Å². The van der Waals surface area contributed by atoms with Gasteiger partial charge in [-0.3, -0.25) is 5.43 Å². The van der Waals surface area contributed by atoms with Gasteiger partial charge in [-0.15, -0.1) is 0 Å². The van der Waals surface area contributed by atoms with Gasteiger partial charge < -0.3 is 4.42 Å². The van der Waals surface area contributed by atoms with Gasteiger partial charge in [0.25, 0.3) is 0 Å². The van der Waals surface area contributed by atoms with E-state index in [9.17, 15) is 4.39 Å². The number of rotatable bonds is 4. The molecular formula is C17H11Cl2FN2O. The van der Waals surface area contributed by atoms with Crippen molar-refractivity contribution in [2.45, 2.75) is 0 Å². The van der Waals surface area contributed by atoms with Crippen LogP contribution in [0.25, 0.3) is 11.3 Å². The first-order valence-corrected chi connectivity index (χ1v) is 7.47. The maximum Gasteiger partial charge on any atom is 0.147 e. The Bertz CT molecular complexity index is 844. The number of hydrogen-bond donors (Lipinski definition) is 1. The molecule has 3 rings (SSSR count). The summed E-state index contributed by atoms with van der Waals surface area (Å²) in [6.07, 6.45) is 1.52. The third kappa shape index (κ3) is 3.92. The van der Waals surface area contributed by atoms with Gasteiger partial charge in [0.15, 0.2) is 0 Å². The Morgan fingerprint density at radius 3 is 2.57 bits per heavy atom. The summed E-state index contributed by atoms with van der Waals surface area (Å²) in [6, 6.07) is 14.6. The SMILES string of the molecule is Fc1ccc(N/N=C\c2ccc(-c3cc(Cl)ccc3Cl)o2)cc1. The van der Waals surface area contributed by atoms with Crippen LogP contribution in [0.5, 0.6) is 0 Å². The molecule has 0 aliphatic heterocycles. The van der Waals surface area contributed by atoms with Gasteiger partial charge in [0.1, 0.15) is 17.3 Å². The molecule has 0 bridgehead atoms. The van der Waals surface area contributed by atoms with Gasteiger partial charge in [0.05, 0.1) is 16.9 Å². The molecule has 3 nitrogen and oxygen atoms in total. The predicted molar refractivity (Wildman–Crippen MR) is 91.8 cm³/mol. The number of halogens is 3. The number of anilines is 1. The summed E-state index contributed by atoms with van der Waals surface area (Å²) in [5.41, 5.74) is 4.17. The molecule has 23 heavy (non-hydrogen) atoms. The van der Waals surface area contributed by atoms with Crippen LogP contribution in [0, 0.1) is 5.82 Å². The van der Waals surface area contributed by atoms with Crippen molar-refractivity contribution in [3.63, 3.8) is 0 Å². The Hall–Kier alpha value is -2.30. The number of hydrogen-bond acceptors (Lipinski definition) is 3. The van der Waals surface area contributed by atoms with Gasteiger partial charge in [-0.25, -0.2) is 4.39 Å². The second-order valence-corrected chi connectivity index (χ2v) is 5.55. The standard InChI is InChI=1S/C17H11Cl2FN2O/c18-11-1-7-16(19)15(9-11)17-8-6-14(23-17)10-21-22-13-4-2-12(20)3-5-13/h1-10,22H/b21-10-. The minimum absolute atomic E-state index is 0.298. The number of benzene rings is 2. The van der Waals surface area contributed by atoms with E-state index >= 15 is 0 Å². The Labute approximate surface area is 142 Å². The summed E-state index contributed by atoms with van der Waals surface area (Å²) in [5.74, 6) is 0.847. The van der Waals surface area contributed by atoms with Crippen molar-refractivity contribution >= 4 is 35.1 Å². The largest absolute Gasteiger partial charge is 0.455 e. The molecule has 0 aliphatic rings. The monoisotopic (exact) mass is 348 g/mol. The van der Waals surface area contributed by atoms with Gasteiger partial charge in [-0.05, 0) is 54.6 Å². The highest BCUT2D eigenvalue weighted by Crippen LogP contribution is 2.31. The van der Waals surface area contributed by atoms with Gasteiger partial charge in [0.2, 0.25) is 0 Å². The summed E-state index contributed by atoms with van der Waals surface area (Å²) in [7, 11) is 0. The van der Waals surface area contributed by atoms with Crippen molar-refractivity contribution in [1.82, 2.24) is 0 Å². The molecule has 0 unspecified atom stereocenters. The van der Waals surface area contributed by atoms with Crippen molar-refractivity contribution in [1.29, 1.82) is 0 Å². The Kier molecular flexibility index (Phi) is 4.65. The van der Waals surface area contributed by atoms with Crippen LogP contribution in [0.3, 0.4) is 0 Å². The lowest BCUT2D eigenvalue weighted by Crippen LogP contribution is -1.89. The highest BCUT2D eigenvalue weighted by atomic mass is 35.5. The van der Waals surface area contributed by atoms with Crippen molar-refractivity contribution in [2.75, 3.05) is 5.43 Å². The van der Waals surface area contributed by atoms with Crippen LogP contribution in [0.4, 0.5) is 10.1 Å². The van der Waals surface area contributed by atoms with E-state index in [1.165, 1.54) is 18.3 Å². The van der Waals surface area contributed by atoms with Gasteiger partial charge in [0, 0.05) is 10.6 Å². The lowest BCUT2D eigenvalue weighted by atomic mass is 10.2. The van der Waals surface area contributed by atoms with Crippen LogP contribution in [0.1, 0.15) is 5.76 Å². The molecular weight excluding hydrogens is 338 g/mol. The Balaban J connectivity index is 1.73. The summed E-state index contributed by atoms with van der Waals surface area (Å²) < 4.78 is 18.5.